The quantitative estimate of drug-likeness (QED) is 0.642. The molecule has 0 saturated heterocycles. The maximum Gasteiger partial charge on any atom is 0.226 e. The third-order valence-corrected chi connectivity index (χ3v) is 1.45. The first-order valence-corrected chi connectivity index (χ1v) is 4.21. The largest absolute Gasteiger partial charge is 0.326 e. The predicted octanol–water partition coefficient (Wildman–Crippen LogP) is 2.24. The van der Waals surface area contributed by atoms with Gasteiger partial charge in [-0.2, -0.15) is 0 Å². The van der Waals surface area contributed by atoms with E-state index in [1.54, 1.807) is 0 Å². The van der Waals surface area contributed by atoms with Crippen molar-refractivity contribution in [1.29, 1.82) is 0 Å². The van der Waals surface area contributed by atoms with Crippen LogP contribution in [0, 0.1) is 5.92 Å². The maximum absolute atomic E-state index is 11.2. The Kier molecular flexibility index (Phi) is 5.09. The molecule has 0 fully saturated rings. The van der Waals surface area contributed by atoms with Crippen LogP contribution in [-0.4, -0.2) is 5.91 Å². The average Bonchev–Trinajstić information content (AvgIpc) is 2.03. The van der Waals surface area contributed by atoms with Crippen molar-refractivity contribution in [1.82, 2.24) is 5.32 Å². The van der Waals surface area contributed by atoms with Gasteiger partial charge in [0.25, 0.3) is 0 Å². The second-order valence-corrected chi connectivity index (χ2v) is 2.89. The topological polar surface area (TPSA) is 29.1 Å². The molecule has 0 unspecified atom stereocenters. The molecule has 0 atom stereocenters. The molecule has 0 aliphatic carbocycles. The van der Waals surface area contributed by atoms with Gasteiger partial charge in [0.2, 0.25) is 5.91 Å². The molecule has 12 heavy (non-hydrogen) atoms. The summed E-state index contributed by atoms with van der Waals surface area (Å²) in [5.41, 5.74) is 0.858. The Morgan fingerprint density at radius 1 is 1.33 bits per heavy atom. The molecule has 1 amide bonds. The molecule has 2 nitrogen and oxygen atoms in total. The van der Waals surface area contributed by atoms with Crippen LogP contribution in [0.1, 0.15) is 27.7 Å². The van der Waals surface area contributed by atoms with Crippen molar-refractivity contribution in [2.45, 2.75) is 27.7 Å². The summed E-state index contributed by atoms with van der Waals surface area (Å²) in [5.74, 6) is 0.0893. The summed E-state index contributed by atoms with van der Waals surface area (Å²) < 4.78 is 0. The standard InChI is InChI=1S/C10H17NO/c1-5-7-9(6-2)11-10(12)8(3)4/h5-8H,1-4H3,(H,11,12). The van der Waals surface area contributed by atoms with Crippen molar-refractivity contribution in [3.8, 4) is 0 Å². The van der Waals surface area contributed by atoms with Crippen LogP contribution < -0.4 is 5.32 Å². The minimum Gasteiger partial charge on any atom is -0.326 e. The number of rotatable bonds is 3. The van der Waals surface area contributed by atoms with Crippen molar-refractivity contribution in [2.24, 2.45) is 5.92 Å². The molecule has 68 valence electrons. The minimum absolute atomic E-state index is 0.0326. The van der Waals surface area contributed by atoms with Gasteiger partial charge in [0.05, 0.1) is 0 Å². The number of hydrogen-bond donors (Lipinski definition) is 1. The lowest BCUT2D eigenvalue weighted by Crippen LogP contribution is -2.26. The number of carbonyl (C=O) groups excluding carboxylic acids is 1. The lowest BCUT2D eigenvalue weighted by Gasteiger charge is -2.07. The van der Waals surface area contributed by atoms with Gasteiger partial charge in [-0.15, -0.1) is 0 Å². The normalized spacial score (nSPS) is 12.6. The molecule has 0 spiro atoms. The van der Waals surface area contributed by atoms with E-state index in [1.807, 2.05) is 45.9 Å². The average molecular weight is 167 g/mol. The fourth-order valence-electron chi connectivity index (χ4n) is 0.676. The highest BCUT2D eigenvalue weighted by molar-refractivity contribution is 5.80. The summed E-state index contributed by atoms with van der Waals surface area (Å²) in [7, 11) is 0. The van der Waals surface area contributed by atoms with Crippen molar-refractivity contribution >= 4 is 5.91 Å². The lowest BCUT2D eigenvalue weighted by atomic mass is 10.2. The summed E-state index contributed by atoms with van der Waals surface area (Å²) in [6.07, 6.45) is 5.65. The minimum atomic E-state index is 0.0326. The van der Waals surface area contributed by atoms with E-state index in [0.29, 0.717) is 0 Å². The molecule has 0 radical (unpaired) electrons. The van der Waals surface area contributed by atoms with Gasteiger partial charge in [-0.1, -0.05) is 26.0 Å². The van der Waals surface area contributed by atoms with Crippen LogP contribution in [0.4, 0.5) is 0 Å². The fourth-order valence-corrected chi connectivity index (χ4v) is 0.676. The maximum atomic E-state index is 11.2. The molecule has 0 aliphatic rings. The van der Waals surface area contributed by atoms with Crippen molar-refractivity contribution in [3.63, 3.8) is 0 Å². The molecule has 0 saturated carbocycles. The molecule has 0 bridgehead atoms. The van der Waals surface area contributed by atoms with E-state index in [1.165, 1.54) is 0 Å². The van der Waals surface area contributed by atoms with E-state index in [-0.39, 0.29) is 11.8 Å². The molecule has 0 rings (SSSR count). The van der Waals surface area contributed by atoms with Crippen LogP contribution in [0.25, 0.3) is 0 Å². The molecule has 0 aromatic carbocycles. The Bertz CT molecular complexity index is 202. The first-order valence-electron chi connectivity index (χ1n) is 4.21. The van der Waals surface area contributed by atoms with Crippen molar-refractivity contribution in [3.05, 3.63) is 23.9 Å². The van der Waals surface area contributed by atoms with Gasteiger partial charge in [0, 0.05) is 11.6 Å². The number of carbonyl (C=O) groups is 1. The van der Waals surface area contributed by atoms with E-state index >= 15 is 0 Å². The second-order valence-electron chi connectivity index (χ2n) is 2.89. The monoisotopic (exact) mass is 167 g/mol. The Balaban J connectivity index is 4.14. The molecule has 0 heterocycles. The Labute approximate surface area is 74.4 Å². The number of hydrogen-bond acceptors (Lipinski definition) is 1. The predicted molar refractivity (Wildman–Crippen MR) is 51.6 cm³/mol. The Morgan fingerprint density at radius 3 is 2.25 bits per heavy atom. The van der Waals surface area contributed by atoms with Crippen molar-refractivity contribution < 1.29 is 4.79 Å². The van der Waals surface area contributed by atoms with E-state index in [2.05, 4.69) is 5.32 Å². The molecular formula is C10H17NO. The summed E-state index contributed by atoms with van der Waals surface area (Å²) in [6.45, 7) is 7.57. The molecular weight excluding hydrogens is 150 g/mol. The van der Waals surface area contributed by atoms with E-state index < -0.39 is 0 Å². The molecule has 0 aromatic heterocycles. The zero-order chi connectivity index (χ0) is 9.56. The van der Waals surface area contributed by atoms with Gasteiger partial charge in [-0.05, 0) is 19.9 Å². The highest BCUT2D eigenvalue weighted by Crippen LogP contribution is 1.96. The lowest BCUT2D eigenvalue weighted by molar-refractivity contribution is -0.123. The smallest absolute Gasteiger partial charge is 0.226 e. The molecule has 0 aliphatic heterocycles. The van der Waals surface area contributed by atoms with Crippen LogP contribution in [-0.2, 0) is 4.79 Å². The van der Waals surface area contributed by atoms with Gasteiger partial charge in [0.15, 0.2) is 0 Å². The highest BCUT2D eigenvalue weighted by atomic mass is 16.1. The number of amides is 1. The van der Waals surface area contributed by atoms with Crippen LogP contribution >= 0.6 is 0 Å². The molecule has 2 heteroatoms. The van der Waals surface area contributed by atoms with Gasteiger partial charge >= 0.3 is 0 Å². The van der Waals surface area contributed by atoms with Crippen LogP contribution in [0.2, 0.25) is 0 Å². The fraction of sp³-hybridized carbons (Fsp3) is 0.500. The Hall–Kier alpha value is -1.05. The first kappa shape index (κ1) is 11.0. The van der Waals surface area contributed by atoms with E-state index in [0.717, 1.165) is 5.70 Å². The summed E-state index contributed by atoms with van der Waals surface area (Å²) in [4.78, 5) is 11.2. The Morgan fingerprint density at radius 2 is 1.92 bits per heavy atom. The number of nitrogens with one attached hydrogen (secondary N) is 1. The number of allylic oxidation sites excluding steroid dienone is 3. The van der Waals surface area contributed by atoms with Gasteiger partial charge < -0.3 is 5.32 Å². The van der Waals surface area contributed by atoms with Gasteiger partial charge in [-0.3, -0.25) is 4.79 Å². The molecule has 1 N–H and O–H groups in total. The summed E-state index contributed by atoms with van der Waals surface area (Å²) >= 11 is 0. The van der Waals surface area contributed by atoms with E-state index in [9.17, 15) is 4.79 Å². The highest BCUT2D eigenvalue weighted by Gasteiger charge is 2.05. The van der Waals surface area contributed by atoms with Crippen molar-refractivity contribution in [2.75, 3.05) is 0 Å². The van der Waals surface area contributed by atoms with E-state index in [4.69, 9.17) is 0 Å². The van der Waals surface area contributed by atoms with Crippen LogP contribution in [0.15, 0.2) is 23.9 Å². The first-order chi connectivity index (χ1) is 5.61. The van der Waals surface area contributed by atoms with Crippen LogP contribution in [0.5, 0.6) is 0 Å². The summed E-state index contributed by atoms with van der Waals surface area (Å²) in [6, 6.07) is 0. The van der Waals surface area contributed by atoms with Gasteiger partial charge in [0.1, 0.15) is 0 Å². The SMILES string of the molecule is CC=CC(=CC)NC(=O)C(C)C. The third kappa shape index (κ3) is 3.96. The third-order valence-electron chi connectivity index (χ3n) is 1.45. The molecule has 0 aromatic rings. The zero-order valence-electron chi connectivity index (χ0n) is 8.22. The van der Waals surface area contributed by atoms with Gasteiger partial charge in [-0.25, -0.2) is 0 Å². The second kappa shape index (κ2) is 5.58. The zero-order valence-corrected chi connectivity index (χ0v) is 8.22. The summed E-state index contributed by atoms with van der Waals surface area (Å²) in [5, 5.41) is 2.80. The van der Waals surface area contributed by atoms with Crippen LogP contribution in [0.3, 0.4) is 0 Å².